The molecule has 5 rings (SSSR count). The summed E-state index contributed by atoms with van der Waals surface area (Å²) in [6, 6.07) is 7.53. The lowest BCUT2D eigenvalue weighted by molar-refractivity contribution is -0.137. The minimum absolute atomic E-state index is 0.0827. The Morgan fingerprint density at radius 1 is 0.865 bits per heavy atom. The summed E-state index contributed by atoms with van der Waals surface area (Å²) in [6.45, 7) is 4.54. The zero-order valence-corrected chi connectivity index (χ0v) is 20.3. The molecule has 0 saturated carbocycles. The molecule has 0 bridgehead atoms. The lowest BCUT2D eigenvalue weighted by atomic mass is 10.1. The number of hydrogen-bond donors (Lipinski definition) is 0. The molecule has 1 aromatic carbocycles. The average Bonchev–Trinajstić information content (AvgIpc) is 2.90. The molecule has 4 heterocycles. The second kappa shape index (κ2) is 10.1. The van der Waals surface area contributed by atoms with Crippen LogP contribution < -0.4 is 14.7 Å². The van der Waals surface area contributed by atoms with Crippen LogP contribution in [-0.4, -0.2) is 53.7 Å². The van der Waals surface area contributed by atoms with Crippen molar-refractivity contribution in [2.45, 2.75) is 38.4 Å². The zero-order valence-electron chi connectivity index (χ0n) is 20.3. The monoisotopic (exact) mass is 518 g/mol. The second-order valence-electron chi connectivity index (χ2n) is 9.45. The van der Waals surface area contributed by atoms with E-state index in [9.17, 15) is 22.0 Å². The molecule has 0 aliphatic carbocycles. The Morgan fingerprint density at radius 3 is 2.35 bits per heavy atom. The van der Waals surface area contributed by atoms with Crippen molar-refractivity contribution in [2.75, 3.05) is 47.4 Å². The first kappa shape index (κ1) is 25.2. The van der Waals surface area contributed by atoms with Crippen LogP contribution in [0, 0.1) is 11.6 Å². The van der Waals surface area contributed by atoms with Gasteiger partial charge >= 0.3 is 6.18 Å². The molecule has 0 spiro atoms. The van der Waals surface area contributed by atoms with Crippen molar-refractivity contribution in [1.82, 2.24) is 15.0 Å². The fraction of sp³-hybridized carbons (Fsp3) is 0.423. The quantitative estimate of drug-likeness (QED) is 0.423. The number of alkyl halides is 3. The van der Waals surface area contributed by atoms with Crippen LogP contribution in [0.25, 0.3) is 11.3 Å². The summed E-state index contributed by atoms with van der Waals surface area (Å²) in [5, 5.41) is 0. The molecule has 0 amide bonds. The van der Waals surface area contributed by atoms with Crippen molar-refractivity contribution in [3.05, 3.63) is 59.8 Å². The largest absolute Gasteiger partial charge is 0.419 e. The Morgan fingerprint density at radius 2 is 1.65 bits per heavy atom. The molecule has 0 unspecified atom stereocenters. The number of piperazine rings is 1. The van der Waals surface area contributed by atoms with E-state index in [0.29, 0.717) is 42.7 Å². The average molecular weight is 519 g/mol. The van der Waals surface area contributed by atoms with E-state index in [1.807, 2.05) is 11.8 Å². The van der Waals surface area contributed by atoms with Crippen LogP contribution in [0.2, 0.25) is 0 Å². The lowest BCUT2D eigenvalue weighted by Crippen LogP contribution is -2.53. The van der Waals surface area contributed by atoms with Gasteiger partial charge in [-0.15, -0.1) is 0 Å². The minimum atomic E-state index is -4.50. The highest BCUT2D eigenvalue weighted by Crippen LogP contribution is 2.36. The van der Waals surface area contributed by atoms with Crippen LogP contribution in [0.1, 0.15) is 31.7 Å². The fourth-order valence-corrected chi connectivity index (χ4v) is 4.97. The Labute approximate surface area is 211 Å². The molecular weight excluding hydrogens is 491 g/mol. The summed E-state index contributed by atoms with van der Waals surface area (Å²) < 4.78 is 68.3. The van der Waals surface area contributed by atoms with Crippen LogP contribution in [0.15, 0.2) is 42.6 Å². The molecule has 0 N–H and O–H groups in total. The molecule has 11 heteroatoms. The molecule has 2 saturated heterocycles. The summed E-state index contributed by atoms with van der Waals surface area (Å²) in [7, 11) is 0. The number of pyridine rings is 1. The Bertz CT molecular complexity index is 1260. The Hall–Kier alpha value is -3.50. The van der Waals surface area contributed by atoms with Gasteiger partial charge in [0.2, 0.25) is 5.95 Å². The van der Waals surface area contributed by atoms with Crippen LogP contribution in [0.5, 0.6) is 0 Å². The third-order valence-electron chi connectivity index (χ3n) is 6.87. The third kappa shape index (κ3) is 5.30. The highest BCUT2D eigenvalue weighted by atomic mass is 19.4. The SMILES string of the molecule is C[C@@H]1CN(c2ncccc2C(F)(F)F)CCN1c1cc(-c2ccc(F)c(F)c2)nc(N2CCCCC2)n1. The first-order chi connectivity index (χ1) is 17.7. The van der Waals surface area contributed by atoms with E-state index < -0.39 is 23.4 Å². The standard InChI is InChI=1S/C26H27F5N6/c1-17-16-36(24-19(26(29,30)31)6-5-9-32-24)12-13-37(17)23-15-22(18-7-8-20(27)21(28)14-18)33-25(34-23)35-10-3-2-4-11-35/h5-9,14-15,17H,2-4,10-13,16H2,1H3/t17-/m1/s1. The van der Waals surface area contributed by atoms with Crippen LogP contribution in [0.4, 0.5) is 39.5 Å². The van der Waals surface area contributed by atoms with Crippen molar-refractivity contribution >= 4 is 17.6 Å². The molecule has 2 fully saturated rings. The van der Waals surface area contributed by atoms with E-state index in [0.717, 1.165) is 50.6 Å². The number of anilines is 3. The number of hydrogen-bond acceptors (Lipinski definition) is 6. The van der Waals surface area contributed by atoms with Crippen molar-refractivity contribution < 1.29 is 22.0 Å². The highest BCUT2D eigenvalue weighted by molar-refractivity contribution is 5.66. The lowest BCUT2D eigenvalue weighted by Gasteiger charge is -2.42. The Kier molecular flexibility index (Phi) is 6.87. The maximum atomic E-state index is 14.0. The normalized spacial score (nSPS) is 18.9. The predicted octanol–water partition coefficient (Wildman–Crippen LogP) is 5.54. The van der Waals surface area contributed by atoms with E-state index in [1.165, 1.54) is 18.3 Å². The summed E-state index contributed by atoms with van der Waals surface area (Å²) in [5.41, 5.74) is 0.129. The molecule has 2 aliphatic rings. The molecule has 6 nitrogen and oxygen atoms in total. The number of aromatic nitrogens is 3. The van der Waals surface area contributed by atoms with Gasteiger partial charge in [0, 0.05) is 56.6 Å². The molecule has 0 radical (unpaired) electrons. The fourth-order valence-electron chi connectivity index (χ4n) is 4.97. The number of halogens is 5. The summed E-state index contributed by atoms with van der Waals surface area (Å²) in [6.07, 6.45) is 0.00651. The topological polar surface area (TPSA) is 48.4 Å². The number of rotatable bonds is 4. The Balaban J connectivity index is 1.47. The summed E-state index contributed by atoms with van der Waals surface area (Å²) in [4.78, 5) is 19.3. The van der Waals surface area contributed by atoms with Gasteiger partial charge in [-0.25, -0.2) is 18.7 Å². The highest BCUT2D eigenvalue weighted by Gasteiger charge is 2.37. The second-order valence-corrected chi connectivity index (χ2v) is 9.45. The number of piperidine rings is 1. The predicted molar refractivity (Wildman–Crippen MR) is 132 cm³/mol. The van der Waals surface area contributed by atoms with Crippen LogP contribution in [-0.2, 0) is 6.18 Å². The molecule has 1 atom stereocenters. The smallest absolute Gasteiger partial charge is 0.352 e. The first-order valence-electron chi connectivity index (χ1n) is 12.3. The maximum Gasteiger partial charge on any atom is 0.419 e. The van der Waals surface area contributed by atoms with Gasteiger partial charge in [-0.2, -0.15) is 18.2 Å². The first-order valence-corrected chi connectivity index (χ1v) is 12.3. The van der Waals surface area contributed by atoms with Gasteiger partial charge in [0.05, 0.1) is 11.3 Å². The minimum Gasteiger partial charge on any atom is -0.352 e. The van der Waals surface area contributed by atoms with Gasteiger partial charge in [0.15, 0.2) is 11.6 Å². The van der Waals surface area contributed by atoms with E-state index in [1.54, 1.807) is 11.0 Å². The van der Waals surface area contributed by atoms with Gasteiger partial charge in [-0.05, 0) is 56.5 Å². The van der Waals surface area contributed by atoms with Crippen LogP contribution >= 0.6 is 0 Å². The van der Waals surface area contributed by atoms with Gasteiger partial charge in [0.25, 0.3) is 0 Å². The van der Waals surface area contributed by atoms with Gasteiger partial charge in [-0.1, -0.05) is 0 Å². The summed E-state index contributed by atoms with van der Waals surface area (Å²) in [5.74, 6) is -0.877. The van der Waals surface area contributed by atoms with E-state index in [2.05, 4.69) is 14.9 Å². The van der Waals surface area contributed by atoms with Crippen molar-refractivity contribution in [3.8, 4) is 11.3 Å². The molecular formula is C26H27F5N6. The number of benzene rings is 1. The molecule has 2 aliphatic heterocycles. The van der Waals surface area contributed by atoms with Crippen molar-refractivity contribution in [1.29, 1.82) is 0 Å². The molecule has 196 valence electrons. The van der Waals surface area contributed by atoms with E-state index >= 15 is 0 Å². The summed E-state index contributed by atoms with van der Waals surface area (Å²) >= 11 is 0. The third-order valence-corrected chi connectivity index (χ3v) is 6.87. The van der Waals surface area contributed by atoms with Gasteiger partial charge in [0.1, 0.15) is 11.6 Å². The van der Waals surface area contributed by atoms with Crippen LogP contribution in [0.3, 0.4) is 0 Å². The van der Waals surface area contributed by atoms with Crippen molar-refractivity contribution in [3.63, 3.8) is 0 Å². The maximum absolute atomic E-state index is 14.0. The number of nitrogens with zero attached hydrogens (tertiary/aromatic N) is 6. The van der Waals surface area contributed by atoms with E-state index in [4.69, 9.17) is 4.98 Å². The molecule has 3 aromatic rings. The molecule has 37 heavy (non-hydrogen) atoms. The van der Waals surface area contributed by atoms with Gasteiger partial charge in [-0.3, -0.25) is 0 Å². The van der Waals surface area contributed by atoms with Gasteiger partial charge < -0.3 is 14.7 Å². The van der Waals surface area contributed by atoms with E-state index in [-0.39, 0.29) is 11.9 Å². The molecule has 2 aromatic heterocycles. The van der Waals surface area contributed by atoms with Crippen molar-refractivity contribution in [2.24, 2.45) is 0 Å². The zero-order chi connectivity index (χ0) is 26.2.